The van der Waals surface area contributed by atoms with Crippen molar-refractivity contribution >= 4 is 18.2 Å². The number of esters is 1. The van der Waals surface area contributed by atoms with E-state index in [9.17, 15) is 4.79 Å². The zero-order chi connectivity index (χ0) is 13.2. The van der Waals surface area contributed by atoms with E-state index in [1.807, 2.05) is 27.7 Å². The highest BCUT2D eigenvalue weighted by molar-refractivity contribution is 7.71. The van der Waals surface area contributed by atoms with E-state index in [0.29, 0.717) is 4.77 Å². The summed E-state index contributed by atoms with van der Waals surface area (Å²) < 4.78 is 7.06. The minimum absolute atomic E-state index is 0.0873. The standard InChI is InChI=1S/C11H19N3O2S/c1-6(2)8(10(15)16-5)14-9(7(3)4)12-13-11(14)17/h6-8H,1-5H3,(H,13,17). The van der Waals surface area contributed by atoms with Gasteiger partial charge in [-0.15, -0.1) is 0 Å². The Bertz CT molecular complexity index is 448. The fourth-order valence-electron chi connectivity index (χ4n) is 1.79. The van der Waals surface area contributed by atoms with Gasteiger partial charge < -0.3 is 4.74 Å². The van der Waals surface area contributed by atoms with Crippen molar-refractivity contribution in [3.63, 3.8) is 0 Å². The molecule has 1 aromatic rings. The summed E-state index contributed by atoms with van der Waals surface area (Å²) in [5.41, 5.74) is 0. The van der Waals surface area contributed by atoms with Gasteiger partial charge in [0.05, 0.1) is 7.11 Å². The molecule has 0 aliphatic heterocycles. The second-order valence-electron chi connectivity index (χ2n) is 4.62. The number of hydrogen-bond acceptors (Lipinski definition) is 4. The van der Waals surface area contributed by atoms with E-state index in [2.05, 4.69) is 10.2 Å². The number of rotatable bonds is 4. The third-order valence-electron chi connectivity index (χ3n) is 2.60. The first-order valence-electron chi connectivity index (χ1n) is 5.64. The zero-order valence-corrected chi connectivity index (χ0v) is 11.7. The molecule has 6 heteroatoms. The molecule has 0 aliphatic carbocycles. The quantitative estimate of drug-likeness (QED) is 0.665. The molecule has 1 heterocycles. The lowest BCUT2D eigenvalue weighted by molar-refractivity contribution is -0.146. The zero-order valence-electron chi connectivity index (χ0n) is 10.9. The predicted molar refractivity (Wildman–Crippen MR) is 67.4 cm³/mol. The van der Waals surface area contributed by atoms with Crippen LogP contribution < -0.4 is 0 Å². The van der Waals surface area contributed by atoms with Crippen molar-refractivity contribution in [2.24, 2.45) is 5.92 Å². The average Bonchev–Trinajstić information content (AvgIpc) is 2.60. The van der Waals surface area contributed by atoms with Crippen molar-refractivity contribution in [2.45, 2.75) is 39.7 Å². The summed E-state index contributed by atoms with van der Waals surface area (Å²) in [5, 5.41) is 6.91. The van der Waals surface area contributed by atoms with Crippen molar-refractivity contribution in [1.82, 2.24) is 14.8 Å². The van der Waals surface area contributed by atoms with Gasteiger partial charge in [0.25, 0.3) is 0 Å². The van der Waals surface area contributed by atoms with Crippen LogP contribution in [-0.4, -0.2) is 27.8 Å². The number of nitrogens with one attached hydrogen (secondary N) is 1. The predicted octanol–water partition coefficient (Wildman–Crippen LogP) is 2.43. The number of aromatic amines is 1. The van der Waals surface area contributed by atoms with Gasteiger partial charge in [-0.25, -0.2) is 4.79 Å². The fourth-order valence-corrected chi connectivity index (χ4v) is 2.04. The molecule has 17 heavy (non-hydrogen) atoms. The van der Waals surface area contributed by atoms with Gasteiger partial charge in [-0.2, -0.15) is 5.10 Å². The Morgan fingerprint density at radius 1 is 1.41 bits per heavy atom. The van der Waals surface area contributed by atoms with Gasteiger partial charge in [0.15, 0.2) is 4.77 Å². The molecular weight excluding hydrogens is 238 g/mol. The van der Waals surface area contributed by atoms with Crippen LogP contribution in [0.1, 0.15) is 45.5 Å². The van der Waals surface area contributed by atoms with E-state index >= 15 is 0 Å². The van der Waals surface area contributed by atoms with Crippen LogP contribution in [0.15, 0.2) is 0 Å². The maximum Gasteiger partial charge on any atom is 0.329 e. The molecular formula is C11H19N3O2S. The van der Waals surface area contributed by atoms with Crippen LogP contribution in [-0.2, 0) is 9.53 Å². The summed E-state index contributed by atoms with van der Waals surface area (Å²) in [6.45, 7) is 7.94. The lowest BCUT2D eigenvalue weighted by Gasteiger charge is -2.22. The fraction of sp³-hybridized carbons (Fsp3) is 0.727. The van der Waals surface area contributed by atoms with E-state index in [0.717, 1.165) is 5.82 Å². The Hall–Kier alpha value is -1.17. The SMILES string of the molecule is COC(=O)C(C(C)C)n1c(C(C)C)n[nH]c1=S. The molecule has 0 bridgehead atoms. The Kier molecular flexibility index (Phi) is 4.45. The molecule has 96 valence electrons. The Morgan fingerprint density at radius 3 is 2.41 bits per heavy atom. The third kappa shape index (κ3) is 2.74. The van der Waals surface area contributed by atoms with Crippen molar-refractivity contribution in [3.8, 4) is 0 Å². The highest BCUT2D eigenvalue weighted by Gasteiger charge is 2.29. The molecule has 0 saturated heterocycles. The monoisotopic (exact) mass is 257 g/mol. The summed E-state index contributed by atoms with van der Waals surface area (Å²) in [5.74, 6) is 0.761. The highest BCUT2D eigenvalue weighted by Crippen LogP contribution is 2.24. The molecule has 1 rings (SSSR count). The van der Waals surface area contributed by atoms with Crippen LogP contribution in [0.25, 0.3) is 0 Å². The van der Waals surface area contributed by atoms with Crippen LogP contribution in [0, 0.1) is 10.7 Å². The second kappa shape index (κ2) is 5.44. The van der Waals surface area contributed by atoms with Gasteiger partial charge in [-0.05, 0) is 18.1 Å². The number of carbonyl (C=O) groups excluding carboxylic acids is 1. The maximum absolute atomic E-state index is 11.8. The topological polar surface area (TPSA) is 59.9 Å². The maximum atomic E-state index is 11.8. The molecule has 0 aromatic carbocycles. The number of nitrogens with zero attached hydrogens (tertiary/aromatic N) is 2. The first-order valence-corrected chi connectivity index (χ1v) is 6.05. The van der Waals surface area contributed by atoms with Crippen molar-refractivity contribution in [1.29, 1.82) is 0 Å². The van der Waals surface area contributed by atoms with Crippen molar-refractivity contribution in [2.75, 3.05) is 7.11 Å². The van der Waals surface area contributed by atoms with Gasteiger partial charge in [-0.1, -0.05) is 27.7 Å². The number of ether oxygens (including phenoxy) is 1. The first-order chi connectivity index (χ1) is 7.90. The summed E-state index contributed by atoms with van der Waals surface area (Å²) in [4.78, 5) is 11.8. The number of H-pyrrole nitrogens is 1. The van der Waals surface area contributed by atoms with Gasteiger partial charge in [-0.3, -0.25) is 9.67 Å². The molecule has 1 unspecified atom stereocenters. The Morgan fingerprint density at radius 2 is 2.00 bits per heavy atom. The van der Waals surface area contributed by atoms with Gasteiger partial charge in [0, 0.05) is 5.92 Å². The van der Waals surface area contributed by atoms with Crippen molar-refractivity contribution < 1.29 is 9.53 Å². The smallest absolute Gasteiger partial charge is 0.329 e. The molecule has 1 aromatic heterocycles. The Labute approximate surface area is 106 Å². The van der Waals surface area contributed by atoms with E-state index in [1.165, 1.54) is 7.11 Å². The van der Waals surface area contributed by atoms with Crippen molar-refractivity contribution in [3.05, 3.63) is 10.6 Å². The van der Waals surface area contributed by atoms with Crippen LogP contribution in [0.5, 0.6) is 0 Å². The van der Waals surface area contributed by atoms with E-state index in [4.69, 9.17) is 17.0 Å². The van der Waals surface area contributed by atoms with Crippen LogP contribution in [0.3, 0.4) is 0 Å². The van der Waals surface area contributed by atoms with E-state index in [1.54, 1.807) is 4.57 Å². The molecule has 1 atom stereocenters. The molecule has 1 N–H and O–H groups in total. The number of methoxy groups -OCH3 is 1. The van der Waals surface area contributed by atoms with E-state index < -0.39 is 6.04 Å². The lowest BCUT2D eigenvalue weighted by atomic mass is 10.0. The van der Waals surface area contributed by atoms with Crippen LogP contribution >= 0.6 is 12.2 Å². The Balaban J connectivity index is 3.32. The minimum Gasteiger partial charge on any atom is -0.467 e. The van der Waals surface area contributed by atoms with Crippen LogP contribution in [0.4, 0.5) is 0 Å². The highest BCUT2D eigenvalue weighted by atomic mass is 32.1. The van der Waals surface area contributed by atoms with Crippen LogP contribution in [0.2, 0.25) is 0 Å². The van der Waals surface area contributed by atoms with Gasteiger partial charge in [0.1, 0.15) is 11.9 Å². The average molecular weight is 257 g/mol. The third-order valence-corrected chi connectivity index (χ3v) is 2.89. The van der Waals surface area contributed by atoms with Gasteiger partial charge >= 0.3 is 5.97 Å². The number of hydrogen-bond donors (Lipinski definition) is 1. The molecule has 5 nitrogen and oxygen atoms in total. The largest absolute Gasteiger partial charge is 0.467 e. The van der Waals surface area contributed by atoms with Gasteiger partial charge in [0.2, 0.25) is 0 Å². The lowest BCUT2D eigenvalue weighted by Crippen LogP contribution is -2.27. The molecule has 0 fully saturated rings. The molecule has 0 spiro atoms. The molecule has 0 radical (unpaired) electrons. The first kappa shape index (κ1) is 13.9. The summed E-state index contributed by atoms with van der Waals surface area (Å²) in [6.07, 6.45) is 0. The molecule has 0 amide bonds. The minimum atomic E-state index is -0.427. The summed E-state index contributed by atoms with van der Waals surface area (Å²) in [7, 11) is 1.39. The number of aromatic nitrogens is 3. The van der Waals surface area contributed by atoms with E-state index in [-0.39, 0.29) is 17.8 Å². The molecule has 0 aliphatic rings. The number of carbonyl (C=O) groups is 1. The summed E-state index contributed by atoms with van der Waals surface area (Å²) >= 11 is 5.19. The molecule has 0 saturated carbocycles. The normalized spacial score (nSPS) is 13.1. The summed E-state index contributed by atoms with van der Waals surface area (Å²) in [6, 6.07) is -0.427. The second-order valence-corrected chi connectivity index (χ2v) is 5.01.